The first-order chi connectivity index (χ1) is 36.0. The zero-order valence-electron chi connectivity index (χ0n) is 46.8. The van der Waals surface area contributed by atoms with Gasteiger partial charge in [-0.05, 0) is 104 Å². The summed E-state index contributed by atoms with van der Waals surface area (Å²) in [7, 11) is 0. The summed E-state index contributed by atoms with van der Waals surface area (Å²) in [4.78, 5) is 54.9. The van der Waals surface area contributed by atoms with Crippen LogP contribution in [0.15, 0.2) is 166 Å². The Morgan fingerprint density at radius 3 is 1.64 bits per heavy atom. The number of quaternary nitrogens is 1. The second-order valence-corrected chi connectivity index (χ2v) is 23.1. The summed E-state index contributed by atoms with van der Waals surface area (Å²) >= 11 is 0. The number of carbonyl (C=O) groups is 4. The molecule has 0 spiro atoms. The molecule has 2 aliphatic carbocycles. The molecule has 6 aliphatic rings. The van der Waals surface area contributed by atoms with Gasteiger partial charge in [-0.1, -0.05) is 100 Å². The number of hydrogen-bond acceptors (Lipinski definition) is 6. The molecule has 4 aliphatic heterocycles. The highest BCUT2D eigenvalue weighted by Gasteiger charge is 2.50. The molecule has 0 saturated heterocycles. The maximum absolute atomic E-state index is 13.7. The first-order valence-corrected chi connectivity index (χ1v) is 27.1. The zero-order chi connectivity index (χ0) is 54.8. The average Bonchev–Trinajstić information content (AvgIpc) is 3.97. The van der Waals surface area contributed by atoms with Crippen LogP contribution in [0, 0.1) is 0 Å². The van der Waals surface area contributed by atoms with E-state index in [2.05, 4.69) is 152 Å². The van der Waals surface area contributed by atoms with E-state index in [1.54, 1.807) is 0 Å². The van der Waals surface area contributed by atoms with Crippen molar-refractivity contribution in [2.45, 2.75) is 125 Å². The van der Waals surface area contributed by atoms with Gasteiger partial charge in [0.1, 0.15) is 17.9 Å². The van der Waals surface area contributed by atoms with E-state index < -0.39 is 11.4 Å². The Kier molecular flexibility index (Phi) is 14.1. The highest BCUT2D eigenvalue weighted by molar-refractivity contribution is 6.25. The average molecular weight is 1020 g/mol. The largest absolute Gasteiger partial charge is 0.477 e. The number of ketones is 2. The van der Waals surface area contributed by atoms with Gasteiger partial charge in [-0.15, -0.1) is 0 Å². The monoisotopic (exact) mass is 1020 g/mol. The number of fused-ring (bicyclic) bond motifs is 4. The molecule has 10 rings (SSSR count). The molecule has 4 aromatic rings. The zero-order valence-corrected chi connectivity index (χ0v) is 46.8. The van der Waals surface area contributed by atoms with Gasteiger partial charge in [0.2, 0.25) is 17.9 Å². The summed E-state index contributed by atoms with van der Waals surface area (Å²) in [6, 6.07) is 33.2. The van der Waals surface area contributed by atoms with Crippen molar-refractivity contribution >= 4 is 57.7 Å². The van der Waals surface area contributed by atoms with Crippen molar-refractivity contribution in [1.29, 1.82) is 0 Å². The Labute approximate surface area is 449 Å². The number of anilines is 1. The number of carboxylic acids is 1. The van der Waals surface area contributed by atoms with Gasteiger partial charge in [-0.3, -0.25) is 14.5 Å². The van der Waals surface area contributed by atoms with E-state index in [0.29, 0.717) is 12.2 Å². The van der Waals surface area contributed by atoms with Crippen LogP contribution >= 0.6 is 0 Å². The molecule has 0 fully saturated rings. The molecule has 0 amide bonds. The molecule has 4 aromatic carbocycles. The molecule has 0 bridgehead atoms. The van der Waals surface area contributed by atoms with Crippen LogP contribution < -0.4 is 9.80 Å². The minimum absolute atomic E-state index is 0.0164. The molecule has 392 valence electrons. The molecule has 10 heteroatoms. The van der Waals surface area contributed by atoms with Crippen molar-refractivity contribution in [3.8, 4) is 0 Å². The van der Waals surface area contributed by atoms with E-state index in [0.717, 1.165) is 92.7 Å². The second kappa shape index (κ2) is 20.0. The number of esters is 1. The topological polar surface area (TPSA) is 111 Å². The number of rotatable bonds is 13. The van der Waals surface area contributed by atoms with Gasteiger partial charge in [-0.2, -0.15) is 9.15 Å². The Bertz CT molecular complexity index is 3420. The molecule has 0 saturated carbocycles. The molecule has 4 heterocycles. The van der Waals surface area contributed by atoms with Gasteiger partial charge >= 0.3 is 11.9 Å². The Morgan fingerprint density at radius 1 is 0.605 bits per heavy atom. The van der Waals surface area contributed by atoms with Crippen LogP contribution in [0.3, 0.4) is 0 Å². The summed E-state index contributed by atoms with van der Waals surface area (Å²) in [5, 5.41) is 9.63. The third-order valence-electron chi connectivity index (χ3n) is 16.9. The number of nitrogens with one attached hydrogen (secondary N) is 1. The van der Waals surface area contributed by atoms with E-state index in [9.17, 15) is 24.3 Å². The van der Waals surface area contributed by atoms with E-state index in [1.807, 2.05) is 73.9 Å². The van der Waals surface area contributed by atoms with E-state index in [1.165, 1.54) is 33.8 Å². The minimum atomic E-state index is -0.903. The standard InChI is InChI=1S/C34H39N2O3.C32H34N2O3/c1-8-18-35-27-16-12-10-14-25(27)33(4,5)29(35)19-23-22(3)24(32(23)38)20-30-34(6,7)26-15-11-13-17-28(26)36(30)21-31(37)39-9-2;1-7-16-33-25-14-10-8-12-23(25)31(3,4)27(33)17-21-20(2)22(30(21)37)18-28-32(5,6)24-13-9-11-15-26(24)34(28)19-29(35)36/h10-17,19-20H,8-9,18,21H2,1-7H3;8-15,17-18H,7,16,19H2,1-6H3/q+1;/p+2. The number of nitrogens with zero attached hydrogens (tertiary/aromatic N) is 3. The SMILES string of the molecule is CCCN1C(=CC2=C(C)C(=CC3=[N+](CC(=O)O)c4ccccc4C3(C)C)C2=O)C(C)(C)c2ccccc21.CCC[N+]1=C(C=C2C(=O)C(C=C3[NH+](CC(=O)OCC)c4ccccc4C3(C)C)=C2C)C(C)(C)c2ccccc21. The van der Waals surface area contributed by atoms with Gasteiger partial charge in [0.25, 0.3) is 0 Å². The Morgan fingerprint density at radius 2 is 1.11 bits per heavy atom. The first-order valence-electron chi connectivity index (χ1n) is 27.1. The number of Topliss-reactive ketones (excluding diaryl/α,β-unsaturated/α-hetero) is 2. The predicted molar refractivity (Wildman–Crippen MR) is 303 cm³/mol. The van der Waals surface area contributed by atoms with E-state index in [4.69, 9.17) is 4.74 Å². The quantitative estimate of drug-likeness (QED) is 0.0779. The molecular weight excluding hydrogens is 945 g/mol. The van der Waals surface area contributed by atoms with Gasteiger partial charge in [0.05, 0.1) is 22.9 Å². The number of aliphatic carboxylic acids is 1. The lowest BCUT2D eigenvalue weighted by molar-refractivity contribution is -0.780. The molecule has 0 aromatic heterocycles. The number of benzene rings is 4. The summed E-state index contributed by atoms with van der Waals surface area (Å²) in [6.45, 7) is 29.9. The van der Waals surface area contributed by atoms with Crippen LogP contribution in [0.25, 0.3) is 0 Å². The molecule has 76 heavy (non-hydrogen) atoms. The maximum Gasteiger partial charge on any atom is 0.370 e. The Hall–Kier alpha value is -7.30. The second-order valence-electron chi connectivity index (χ2n) is 23.1. The van der Waals surface area contributed by atoms with Crippen molar-refractivity contribution in [3.05, 3.63) is 188 Å². The fourth-order valence-corrected chi connectivity index (χ4v) is 12.7. The van der Waals surface area contributed by atoms with Crippen LogP contribution in [0.1, 0.15) is 125 Å². The minimum Gasteiger partial charge on any atom is -0.477 e. The molecular formula is C66H75N4O6+3. The predicted octanol–water partition coefficient (Wildman–Crippen LogP) is 11.3. The number of ether oxygens (including phenoxy) is 1. The summed E-state index contributed by atoms with van der Waals surface area (Å²) < 4.78 is 9.52. The number of carbonyl (C=O) groups excluding carboxylic acids is 3. The van der Waals surface area contributed by atoms with Gasteiger partial charge in [0, 0.05) is 99.1 Å². The summed E-state index contributed by atoms with van der Waals surface area (Å²) in [6.07, 6.45) is 10.2. The smallest absolute Gasteiger partial charge is 0.370 e. The van der Waals surface area contributed by atoms with Crippen molar-refractivity contribution in [1.82, 2.24) is 0 Å². The van der Waals surface area contributed by atoms with Crippen molar-refractivity contribution in [3.63, 3.8) is 0 Å². The van der Waals surface area contributed by atoms with Gasteiger partial charge in [-0.25, -0.2) is 9.59 Å². The third-order valence-corrected chi connectivity index (χ3v) is 16.9. The summed E-state index contributed by atoms with van der Waals surface area (Å²) in [5.41, 5.74) is 17.1. The molecule has 1 atom stereocenters. The van der Waals surface area contributed by atoms with Crippen LogP contribution in [0.4, 0.5) is 22.7 Å². The molecule has 10 nitrogen and oxygen atoms in total. The van der Waals surface area contributed by atoms with Crippen LogP contribution in [0.5, 0.6) is 0 Å². The fourth-order valence-electron chi connectivity index (χ4n) is 12.7. The number of allylic oxidation sites excluding steroid dienone is 12. The lowest BCUT2D eigenvalue weighted by Crippen LogP contribution is -3.06. The van der Waals surface area contributed by atoms with Gasteiger partial charge in [0.15, 0.2) is 29.5 Å². The number of hydrogen-bond donors (Lipinski definition) is 2. The molecule has 0 radical (unpaired) electrons. The van der Waals surface area contributed by atoms with Crippen molar-refractivity contribution in [2.24, 2.45) is 0 Å². The highest BCUT2D eigenvalue weighted by Crippen LogP contribution is 2.50. The maximum atomic E-state index is 13.7. The van der Waals surface area contributed by atoms with Gasteiger partial charge < -0.3 is 14.7 Å². The number of carboxylic acid groups (broad SMARTS) is 1. The number of para-hydroxylation sites is 4. The van der Waals surface area contributed by atoms with E-state index in [-0.39, 0.29) is 46.9 Å². The normalized spacial score (nSPS) is 22.2. The van der Waals surface area contributed by atoms with Crippen LogP contribution in [-0.4, -0.2) is 82.0 Å². The van der Waals surface area contributed by atoms with Crippen molar-refractivity contribution in [2.75, 3.05) is 37.7 Å². The highest BCUT2D eigenvalue weighted by atomic mass is 16.5. The summed E-state index contributed by atoms with van der Waals surface area (Å²) in [5.74, 6) is -1.06. The van der Waals surface area contributed by atoms with Crippen LogP contribution in [-0.2, 0) is 45.6 Å². The fraction of sp³-hybridized carbons (Fsp3) is 0.364. The third kappa shape index (κ3) is 8.72. The lowest BCUT2D eigenvalue weighted by Gasteiger charge is -2.30. The lowest BCUT2D eigenvalue weighted by atomic mass is 9.75. The van der Waals surface area contributed by atoms with E-state index >= 15 is 0 Å². The Balaban J connectivity index is 0.000000186. The first kappa shape index (κ1) is 53.5. The molecule has 1 unspecified atom stereocenters. The van der Waals surface area contributed by atoms with Crippen molar-refractivity contribution < 1.29 is 43.1 Å². The van der Waals surface area contributed by atoms with Crippen LogP contribution in [0.2, 0.25) is 0 Å². The molecule has 2 N–H and O–H groups in total.